The number of carbonyl (C=O) groups excluding carboxylic acids is 1. The van der Waals surface area contributed by atoms with Crippen LogP contribution in [0.25, 0.3) is 0 Å². The highest BCUT2D eigenvalue weighted by Crippen LogP contribution is 2.24. The van der Waals surface area contributed by atoms with Gasteiger partial charge in [-0.1, -0.05) is 0 Å². The summed E-state index contributed by atoms with van der Waals surface area (Å²) < 4.78 is 9.69. The van der Waals surface area contributed by atoms with Crippen LogP contribution in [0.15, 0.2) is 5.38 Å². The number of anilines is 1. The average molecular weight is 215 g/mol. The molecule has 0 aliphatic rings. The van der Waals surface area contributed by atoms with Gasteiger partial charge in [-0.3, -0.25) is 0 Å². The molecule has 2 N–H and O–H groups in total. The monoisotopic (exact) mass is 215 g/mol. The van der Waals surface area contributed by atoms with Gasteiger partial charge in [-0.15, -0.1) is 11.3 Å². The average Bonchev–Trinajstić information content (AvgIpc) is 2.48. The van der Waals surface area contributed by atoms with Gasteiger partial charge in [0.1, 0.15) is 11.5 Å². The summed E-state index contributed by atoms with van der Waals surface area (Å²) in [5.41, 5.74) is 7.11. The zero-order chi connectivity index (χ0) is 10.6. The second-order valence-corrected chi connectivity index (χ2v) is 3.67. The number of ether oxygens (including phenoxy) is 2. The first-order valence-corrected chi connectivity index (χ1v) is 5.04. The van der Waals surface area contributed by atoms with Crippen LogP contribution in [-0.4, -0.2) is 26.3 Å². The number of esters is 1. The minimum atomic E-state index is -0.377. The second kappa shape index (κ2) is 4.97. The zero-order valence-corrected chi connectivity index (χ0v) is 9.02. The molecule has 0 amide bonds. The largest absolute Gasteiger partial charge is 0.459 e. The van der Waals surface area contributed by atoms with E-state index in [-0.39, 0.29) is 12.6 Å². The molecule has 0 unspecified atom stereocenters. The molecule has 0 spiro atoms. The van der Waals surface area contributed by atoms with Crippen LogP contribution in [0.2, 0.25) is 0 Å². The maximum atomic E-state index is 11.4. The lowest BCUT2D eigenvalue weighted by Gasteiger charge is -2.02. The van der Waals surface area contributed by atoms with E-state index in [0.29, 0.717) is 17.2 Å². The standard InChI is InChI=1S/C9H13NO3S/c1-6-5-14-8(7(6)10)9(11)13-4-3-12-2/h5H,3-4,10H2,1-2H3. The molecular weight excluding hydrogens is 202 g/mol. The van der Waals surface area contributed by atoms with Gasteiger partial charge in [0.15, 0.2) is 0 Å². The number of hydrogen-bond acceptors (Lipinski definition) is 5. The highest BCUT2D eigenvalue weighted by Gasteiger charge is 2.14. The predicted octanol–water partition coefficient (Wildman–Crippen LogP) is 1.44. The number of aryl methyl sites for hydroxylation is 1. The summed E-state index contributed by atoms with van der Waals surface area (Å²) in [5.74, 6) is -0.377. The normalized spacial score (nSPS) is 10.1. The van der Waals surface area contributed by atoms with Crippen molar-refractivity contribution < 1.29 is 14.3 Å². The van der Waals surface area contributed by atoms with E-state index >= 15 is 0 Å². The summed E-state index contributed by atoms with van der Waals surface area (Å²) in [6, 6.07) is 0. The van der Waals surface area contributed by atoms with Crippen LogP contribution in [0.4, 0.5) is 5.69 Å². The number of rotatable bonds is 4. The fourth-order valence-electron chi connectivity index (χ4n) is 0.895. The molecule has 0 atom stereocenters. The zero-order valence-electron chi connectivity index (χ0n) is 8.20. The van der Waals surface area contributed by atoms with Gasteiger partial charge < -0.3 is 15.2 Å². The summed E-state index contributed by atoms with van der Waals surface area (Å²) in [7, 11) is 1.55. The van der Waals surface area contributed by atoms with E-state index in [4.69, 9.17) is 15.2 Å². The van der Waals surface area contributed by atoms with Gasteiger partial charge in [0.2, 0.25) is 0 Å². The molecule has 0 aliphatic carbocycles. The SMILES string of the molecule is COCCOC(=O)c1scc(C)c1N. The van der Waals surface area contributed by atoms with Crippen molar-refractivity contribution in [2.24, 2.45) is 0 Å². The third kappa shape index (κ3) is 2.46. The Morgan fingerprint density at radius 3 is 2.79 bits per heavy atom. The third-order valence-corrected chi connectivity index (χ3v) is 2.82. The Balaban J connectivity index is 2.56. The van der Waals surface area contributed by atoms with E-state index in [1.54, 1.807) is 7.11 Å². The van der Waals surface area contributed by atoms with Crippen LogP contribution >= 0.6 is 11.3 Å². The summed E-state index contributed by atoms with van der Waals surface area (Å²) >= 11 is 1.30. The summed E-state index contributed by atoms with van der Waals surface area (Å²) in [6.07, 6.45) is 0. The quantitative estimate of drug-likeness (QED) is 0.610. The smallest absolute Gasteiger partial charge is 0.350 e. The highest BCUT2D eigenvalue weighted by molar-refractivity contribution is 7.12. The summed E-state index contributed by atoms with van der Waals surface area (Å²) in [6.45, 7) is 2.51. The Labute approximate surface area is 86.6 Å². The minimum absolute atomic E-state index is 0.256. The molecule has 5 heteroatoms. The molecule has 78 valence electrons. The van der Waals surface area contributed by atoms with Crippen molar-refractivity contribution in [3.05, 3.63) is 15.8 Å². The molecule has 0 fully saturated rings. The molecule has 14 heavy (non-hydrogen) atoms. The van der Waals surface area contributed by atoms with Gasteiger partial charge in [0.05, 0.1) is 12.3 Å². The van der Waals surface area contributed by atoms with Crippen molar-refractivity contribution in [2.45, 2.75) is 6.92 Å². The lowest BCUT2D eigenvalue weighted by molar-refractivity contribution is 0.0394. The first-order chi connectivity index (χ1) is 6.66. The molecule has 1 aromatic rings. The van der Waals surface area contributed by atoms with Crippen LogP contribution in [0.1, 0.15) is 15.2 Å². The molecule has 0 bridgehead atoms. The van der Waals surface area contributed by atoms with Crippen LogP contribution in [0, 0.1) is 6.92 Å². The Morgan fingerprint density at radius 1 is 1.57 bits per heavy atom. The molecule has 0 saturated heterocycles. The minimum Gasteiger partial charge on any atom is -0.459 e. The van der Waals surface area contributed by atoms with Crippen molar-refractivity contribution in [1.29, 1.82) is 0 Å². The highest BCUT2D eigenvalue weighted by atomic mass is 32.1. The number of methoxy groups -OCH3 is 1. The fourth-order valence-corrected chi connectivity index (χ4v) is 1.76. The molecule has 0 saturated carbocycles. The van der Waals surface area contributed by atoms with Gasteiger partial charge in [-0.25, -0.2) is 4.79 Å². The number of thiophene rings is 1. The van der Waals surface area contributed by atoms with Crippen molar-refractivity contribution in [2.75, 3.05) is 26.1 Å². The van der Waals surface area contributed by atoms with Gasteiger partial charge >= 0.3 is 5.97 Å². The molecule has 1 rings (SSSR count). The van der Waals surface area contributed by atoms with Crippen LogP contribution < -0.4 is 5.73 Å². The van der Waals surface area contributed by atoms with Crippen LogP contribution in [0.5, 0.6) is 0 Å². The topological polar surface area (TPSA) is 61.5 Å². The summed E-state index contributed by atoms with van der Waals surface area (Å²) in [4.78, 5) is 11.9. The lowest BCUT2D eigenvalue weighted by Crippen LogP contribution is -2.10. The van der Waals surface area contributed by atoms with Gasteiger partial charge in [-0.2, -0.15) is 0 Å². The number of nitrogens with two attached hydrogens (primary N) is 1. The van der Waals surface area contributed by atoms with E-state index in [1.165, 1.54) is 11.3 Å². The Hall–Kier alpha value is -1.07. The van der Waals surface area contributed by atoms with Crippen molar-refractivity contribution in [3.8, 4) is 0 Å². The Kier molecular flexibility index (Phi) is 3.91. The molecule has 0 aromatic carbocycles. The first-order valence-electron chi connectivity index (χ1n) is 4.16. The molecular formula is C9H13NO3S. The number of nitrogen functional groups attached to an aromatic ring is 1. The number of carbonyl (C=O) groups is 1. The lowest BCUT2D eigenvalue weighted by atomic mass is 10.3. The fraction of sp³-hybridized carbons (Fsp3) is 0.444. The second-order valence-electron chi connectivity index (χ2n) is 2.79. The van der Waals surface area contributed by atoms with Gasteiger partial charge in [-0.05, 0) is 17.9 Å². The maximum absolute atomic E-state index is 11.4. The Morgan fingerprint density at radius 2 is 2.29 bits per heavy atom. The molecule has 0 radical (unpaired) electrons. The van der Waals surface area contributed by atoms with Gasteiger partial charge in [0.25, 0.3) is 0 Å². The first kappa shape index (κ1) is 11.0. The molecule has 1 aromatic heterocycles. The maximum Gasteiger partial charge on any atom is 0.350 e. The van der Waals surface area contributed by atoms with E-state index < -0.39 is 0 Å². The van der Waals surface area contributed by atoms with E-state index in [0.717, 1.165) is 5.56 Å². The van der Waals surface area contributed by atoms with E-state index in [1.807, 2.05) is 12.3 Å². The third-order valence-electron chi connectivity index (χ3n) is 1.73. The molecule has 1 heterocycles. The van der Waals surface area contributed by atoms with Crippen LogP contribution in [0.3, 0.4) is 0 Å². The Bertz CT molecular complexity index is 322. The summed E-state index contributed by atoms with van der Waals surface area (Å²) in [5, 5.41) is 1.84. The molecule has 4 nitrogen and oxygen atoms in total. The van der Waals surface area contributed by atoms with Crippen molar-refractivity contribution in [3.63, 3.8) is 0 Å². The van der Waals surface area contributed by atoms with Crippen LogP contribution in [-0.2, 0) is 9.47 Å². The number of hydrogen-bond donors (Lipinski definition) is 1. The van der Waals surface area contributed by atoms with Crippen molar-refractivity contribution >= 4 is 23.0 Å². The van der Waals surface area contributed by atoms with Crippen molar-refractivity contribution in [1.82, 2.24) is 0 Å². The van der Waals surface area contributed by atoms with E-state index in [2.05, 4.69) is 0 Å². The van der Waals surface area contributed by atoms with E-state index in [9.17, 15) is 4.79 Å². The predicted molar refractivity (Wildman–Crippen MR) is 55.6 cm³/mol. The molecule has 0 aliphatic heterocycles. The van der Waals surface area contributed by atoms with Gasteiger partial charge in [0, 0.05) is 7.11 Å².